The Hall–Kier alpha value is -4.04. The second-order valence-electron chi connectivity index (χ2n) is 9.64. The Morgan fingerprint density at radius 1 is 1.00 bits per heavy atom. The molecule has 3 aromatic rings. The highest BCUT2D eigenvalue weighted by molar-refractivity contribution is 6.17. The van der Waals surface area contributed by atoms with Crippen molar-refractivity contribution in [2.75, 3.05) is 6.54 Å². The van der Waals surface area contributed by atoms with Crippen LogP contribution >= 0.6 is 0 Å². The van der Waals surface area contributed by atoms with Crippen molar-refractivity contribution in [3.05, 3.63) is 65.0 Å². The molecule has 1 atom stereocenters. The average Bonchev–Trinajstić information content (AvgIpc) is 3.49. The van der Waals surface area contributed by atoms with Gasteiger partial charge in [0.2, 0.25) is 5.91 Å². The van der Waals surface area contributed by atoms with E-state index in [-0.39, 0.29) is 35.7 Å². The largest absolute Gasteiger partial charge is 0.437 e. The van der Waals surface area contributed by atoms with E-state index in [1.807, 2.05) is 5.32 Å². The highest BCUT2D eigenvalue weighted by Gasteiger charge is 2.64. The Labute approximate surface area is 227 Å². The first-order chi connectivity index (χ1) is 18.9. The Bertz CT molecular complexity index is 1520. The number of benzene rings is 2. The molecule has 1 aliphatic rings. The normalized spacial score (nSPS) is 17.9. The minimum atomic E-state index is -5.19. The van der Waals surface area contributed by atoms with Gasteiger partial charge in [-0.15, -0.1) is 0 Å². The van der Waals surface area contributed by atoms with Crippen LogP contribution in [-0.2, 0) is 28.5 Å². The van der Waals surface area contributed by atoms with Crippen LogP contribution in [0.5, 0.6) is 0 Å². The number of rotatable bonds is 8. The molecule has 0 fully saturated rings. The predicted octanol–water partition coefficient (Wildman–Crippen LogP) is 5.91. The van der Waals surface area contributed by atoms with E-state index in [2.05, 4.69) is 10.3 Å². The molecule has 2 aromatic carbocycles. The van der Waals surface area contributed by atoms with Gasteiger partial charge < -0.3 is 10.2 Å². The van der Waals surface area contributed by atoms with E-state index in [4.69, 9.17) is 4.84 Å². The van der Waals surface area contributed by atoms with E-state index in [1.54, 1.807) is 12.1 Å². The maximum atomic E-state index is 14.4. The molecule has 0 aliphatic carbocycles. The molecule has 1 unspecified atom stereocenters. The fourth-order valence-corrected chi connectivity index (χ4v) is 4.49. The van der Waals surface area contributed by atoms with E-state index >= 15 is 0 Å². The van der Waals surface area contributed by atoms with Crippen molar-refractivity contribution in [2.24, 2.45) is 12.2 Å². The summed E-state index contributed by atoms with van der Waals surface area (Å²) < 4.78 is 109. The van der Waals surface area contributed by atoms with Crippen molar-refractivity contribution >= 4 is 28.2 Å². The van der Waals surface area contributed by atoms with Crippen molar-refractivity contribution in [3.8, 4) is 0 Å². The van der Waals surface area contributed by atoms with E-state index in [0.717, 1.165) is 7.05 Å². The summed E-state index contributed by atoms with van der Waals surface area (Å²) in [6.45, 7) is -0.265. The number of halogens is 8. The molecule has 1 aromatic heterocycles. The van der Waals surface area contributed by atoms with E-state index in [1.165, 1.54) is 24.3 Å². The van der Waals surface area contributed by atoms with Crippen LogP contribution in [0.15, 0.2) is 47.6 Å². The van der Waals surface area contributed by atoms with Crippen LogP contribution in [0.4, 0.5) is 35.1 Å². The molecular formula is C26H22F8N4O3. The minimum Gasteiger partial charge on any atom is -0.372 e. The zero-order chi connectivity index (χ0) is 30.4. The van der Waals surface area contributed by atoms with Crippen molar-refractivity contribution in [1.29, 1.82) is 0 Å². The van der Waals surface area contributed by atoms with Gasteiger partial charge in [0.15, 0.2) is 11.5 Å². The van der Waals surface area contributed by atoms with Gasteiger partial charge in [-0.2, -0.15) is 31.4 Å². The molecule has 1 N–H and O–H groups in total. The number of carbonyl (C=O) groups excluding carboxylic acids is 2. The summed E-state index contributed by atoms with van der Waals surface area (Å²) in [5.41, 5.74) is -5.64. The maximum absolute atomic E-state index is 14.4. The fourth-order valence-electron chi connectivity index (χ4n) is 4.49. The summed E-state index contributed by atoms with van der Waals surface area (Å²) >= 11 is 0. The SMILES string of the molecule is Cn1nc(C(F)(F)F)cc1C1(C(F)(F)F)CC(c2ccc(C(=O)CCC(=O)NCC(C)(F)F)c3ccccc23)=NO1. The van der Waals surface area contributed by atoms with Gasteiger partial charge in [-0.3, -0.25) is 14.3 Å². The number of amides is 1. The quantitative estimate of drug-likeness (QED) is 0.261. The number of Topliss-reactive ketones (excluding diaryl/α,β-unsaturated/α-hetero) is 1. The first kappa shape index (κ1) is 29.9. The summed E-state index contributed by atoms with van der Waals surface area (Å²) in [5, 5.41) is 9.43. The molecule has 0 saturated heterocycles. The molecule has 1 amide bonds. The number of nitrogens with one attached hydrogen (secondary N) is 1. The smallest absolute Gasteiger partial charge is 0.372 e. The van der Waals surface area contributed by atoms with Crippen molar-refractivity contribution in [1.82, 2.24) is 15.1 Å². The van der Waals surface area contributed by atoms with Crippen molar-refractivity contribution < 1.29 is 49.5 Å². The molecule has 15 heteroatoms. The fraction of sp³-hybridized carbons (Fsp3) is 0.385. The number of alkyl halides is 8. The summed E-state index contributed by atoms with van der Waals surface area (Å²) in [4.78, 5) is 29.6. The number of oxime groups is 1. The molecule has 220 valence electrons. The van der Waals surface area contributed by atoms with Gasteiger partial charge in [-0.05, 0) is 16.8 Å². The molecule has 41 heavy (non-hydrogen) atoms. The Kier molecular flexibility index (Phi) is 7.60. The maximum Gasteiger partial charge on any atom is 0.437 e. The molecule has 7 nitrogen and oxygen atoms in total. The second-order valence-corrected chi connectivity index (χ2v) is 9.64. The number of carbonyl (C=O) groups is 2. The number of aromatic nitrogens is 2. The molecule has 0 saturated carbocycles. The average molecular weight is 590 g/mol. The third kappa shape index (κ3) is 6.03. The van der Waals surface area contributed by atoms with E-state index in [9.17, 15) is 44.7 Å². The lowest BCUT2D eigenvalue weighted by Crippen LogP contribution is -2.44. The Morgan fingerprint density at radius 3 is 2.24 bits per heavy atom. The Balaban J connectivity index is 1.64. The zero-order valence-corrected chi connectivity index (χ0v) is 21.5. The predicted molar refractivity (Wildman–Crippen MR) is 129 cm³/mol. The first-order valence-electron chi connectivity index (χ1n) is 12.1. The standard InChI is InChI=1S/C26H22F8N4O3/c1-23(27,28)13-35-22(40)10-9-19(39)17-8-7-16(14-5-3-4-6-15(14)17)18-12-24(41-37-18,26(32,33)34)21-11-20(25(29,30)31)36-38(21)2/h3-8,11H,9-10,12-13H2,1-2H3,(H,35,40). The lowest BCUT2D eigenvalue weighted by Gasteiger charge is -2.29. The van der Waals surface area contributed by atoms with Gasteiger partial charge in [0.25, 0.3) is 11.5 Å². The Morgan fingerprint density at radius 2 is 1.66 bits per heavy atom. The molecule has 2 heterocycles. The van der Waals surface area contributed by atoms with Crippen LogP contribution in [0.1, 0.15) is 53.5 Å². The van der Waals surface area contributed by atoms with E-state index < -0.39 is 59.9 Å². The number of hydrogen-bond acceptors (Lipinski definition) is 5. The second kappa shape index (κ2) is 10.4. The molecule has 0 radical (unpaired) electrons. The van der Waals surface area contributed by atoms with Crippen LogP contribution in [-0.4, -0.2) is 45.8 Å². The van der Waals surface area contributed by atoms with Crippen LogP contribution < -0.4 is 5.32 Å². The number of aryl methyl sites for hydroxylation is 1. The summed E-state index contributed by atoms with van der Waals surface area (Å²) in [7, 11) is 0.934. The van der Waals surface area contributed by atoms with Crippen molar-refractivity contribution in [3.63, 3.8) is 0 Å². The van der Waals surface area contributed by atoms with E-state index in [0.29, 0.717) is 22.4 Å². The number of nitrogens with zero attached hydrogens (tertiary/aromatic N) is 3. The highest BCUT2D eigenvalue weighted by atomic mass is 19.4. The molecule has 0 bridgehead atoms. The summed E-state index contributed by atoms with van der Waals surface area (Å²) in [6, 6.07) is 9.08. The van der Waals surface area contributed by atoms with Crippen LogP contribution in [0, 0.1) is 0 Å². The van der Waals surface area contributed by atoms with Crippen LogP contribution in [0.2, 0.25) is 0 Å². The molecule has 1 aliphatic heterocycles. The lowest BCUT2D eigenvalue weighted by atomic mass is 9.87. The lowest BCUT2D eigenvalue weighted by molar-refractivity contribution is -0.278. The first-order valence-corrected chi connectivity index (χ1v) is 12.1. The van der Waals surface area contributed by atoms with Gasteiger partial charge in [0.05, 0.1) is 24.4 Å². The monoisotopic (exact) mass is 590 g/mol. The molecular weight excluding hydrogens is 568 g/mol. The van der Waals surface area contributed by atoms with Crippen LogP contribution in [0.25, 0.3) is 10.8 Å². The summed E-state index contributed by atoms with van der Waals surface area (Å²) in [6.07, 6.45) is -11.9. The van der Waals surface area contributed by atoms with Crippen LogP contribution in [0.3, 0.4) is 0 Å². The number of ketones is 1. The van der Waals surface area contributed by atoms with Gasteiger partial charge in [0.1, 0.15) is 0 Å². The summed E-state index contributed by atoms with van der Waals surface area (Å²) in [5.74, 6) is -4.40. The zero-order valence-electron chi connectivity index (χ0n) is 21.5. The van der Waals surface area contributed by atoms with Gasteiger partial charge >= 0.3 is 12.4 Å². The molecule has 0 spiro atoms. The van der Waals surface area contributed by atoms with Crippen molar-refractivity contribution in [2.45, 2.75) is 50.1 Å². The topological polar surface area (TPSA) is 85.6 Å². The van der Waals surface area contributed by atoms with Gasteiger partial charge in [-0.25, -0.2) is 8.78 Å². The van der Waals surface area contributed by atoms with Gasteiger partial charge in [-0.1, -0.05) is 41.6 Å². The highest BCUT2D eigenvalue weighted by Crippen LogP contribution is 2.50. The third-order valence-electron chi connectivity index (χ3n) is 6.48. The minimum absolute atomic E-state index is 0.126. The third-order valence-corrected chi connectivity index (χ3v) is 6.48. The number of fused-ring (bicyclic) bond motifs is 1. The molecule has 4 rings (SSSR count). The van der Waals surface area contributed by atoms with Gasteiger partial charge in [0, 0.05) is 37.9 Å². The number of hydrogen-bond donors (Lipinski definition) is 1.